The number of rotatable bonds is 2. The minimum Gasteiger partial charge on any atom is -0.251 e. The minimum absolute atomic E-state index is 0.829. The Morgan fingerprint density at radius 3 is 3.00 bits per heavy atom. The third kappa shape index (κ3) is 2.56. The van der Waals surface area contributed by atoms with Crippen LogP contribution in [0.25, 0.3) is 0 Å². The number of hydrogen-bond donors (Lipinski definition) is 0. The van der Waals surface area contributed by atoms with Crippen LogP contribution >= 0.6 is 22.3 Å². The van der Waals surface area contributed by atoms with Crippen LogP contribution in [0.5, 0.6) is 0 Å². The van der Waals surface area contributed by atoms with Crippen LogP contribution in [0.3, 0.4) is 0 Å². The summed E-state index contributed by atoms with van der Waals surface area (Å²) in [5.74, 6) is 0. The number of pyridine rings is 1. The Morgan fingerprint density at radius 2 is 2.42 bits per heavy atom. The fourth-order valence-corrected chi connectivity index (χ4v) is 1.56. The van der Waals surface area contributed by atoms with E-state index < -0.39 is 0 Å². The van der Waals surface area contributed by atoms with Crippen molar-refractivity contribution in [3.05, 3.63) is 29.6 Å². The summed E-state index contributed by atoms with van der Waals surface area (Å²) < 4.78 is 0.829. The third-order valence-corrected chi connectivity index (χ3v) is 3.63. The van der Waals surface area contributed by atoms with Crippen LogP contribution in [0.4, 0.5) is 0 Å². The highest BCUT2D eigenvalue weighted by Crippen LogP contribution is 2.08. The van der Waals surface area contributed by atoms with Gasteiger partial charge >= 0.3 is 0 Å². The van der Waals surface area contributed by atoms with Crippen molar-refractivity contribution in [2.45, 2.75) is 13.3 Å². The molecule has 2 radical (unpaired) electrons. The molecule has 0 aliphatic heterocycles. The summed E-state index contributed by atoms with van der Waals surface area (Å²) in [4.78, 5) is 4.39. The first-order chi connectivity index (χ1) is 5.77. The van der Waals surface area contributed by atoms with Crippen LogP contribution < -0.4 is 0 Å². The number of nitrogens with zero attached hydrogens (tertiary/aromatic N) is 1. The Labute approximate surface area is 89.4 Å². The molecule has 0 atom stereocenters. The second-order valence-corrected chi connectivity index (χ2v) is 4.29. The molecule has 0 saturated carbocycles. The Morgan fingerprint density at radius 1 is 1.67 bits per heavy atom. The Hall–Kier alpha value is 0.122. The fourth-order valence-electron chi connectivity index (χ4n) is 0.851. The molecule has 0 bridgehead atoms. The molecule has 1 heterocycles. The van der Waals surface area contributed by atoms with Crippen LogP contribution in [0.15, 0.2) is 18.2 Å². The van der Waals surface area contributed by atoms with E-state index in [2.05, 4.69) is 27.1 Å². The van der Waals surface area contributed by atoms with E-state index in [0.29, 0.717) is 0 Å². The van der Waals surface area contributed by atoms with E-state index in [-0.39, 0.29) is 0 Å². The van der Waals surface area contributed by atoms with Gasteiger partial charge in [0.25, 0.3) is 0 Å². The predicted molar refractivity (Wildman–Crippen MR) is 58.7 cm³/mol. The number of aromatic nitrogens is 1. The van der Waals surface area contributed by atoms with Crippen molar-refractivity contribution >= 4 is 41.7 Å². The lowest BCUT2D eigenvalue weighted by molar-refractivity contribution is 1.03. The second-order valence-electron chi connectivity index (χ2n) is 2.27. The smallest absolute Gasteiger partial charge is 0.243 e. The summed E-state index contributed by atoms with van der Waals surface area (Å²) in [6.07, 6.45) is 0.956. The standard InChI is InChI=1S/C8H9NS2.Al/c1-2-6-4-3-5-7(9-6)8(10)11;/h3-5H,2H2,1H3,(H,10,11);/q;+1/p-1. The molecule has 0 unspecified atom stereocenters. The molecule has 0 saturated heterocycles. The van der Waals surface area contributed by atoms with Gasteiger partial charge in [-0.25, -0.2) is 10.1 Å². The highest BCUT2D eigenvalue weighted by molar-refractivity contribution is 8.37. The highest BCUT2D eigenvalue weighted by atomic mass is 32.3. The summed E-state index contributed by atoms with van der Waals surface area (Å²) in [6.45, 7) is 2.09. The Kier molecular flexibility index (Phi) is 4.24. The van der Waals surface area contributed by atoms with Crippen LogP contribution in [0, 0.1) is 0 Å². The van der Waals surface area contributed by atoms with Crippen LogP contribution in [-0.4, -0.2) is 24.3 Å². The summed E-state index contributed by atoms with van der Waals surface area (Å²) >= 11 is 7.64. The lowest BCUT2D eigenvalue weighted by Crippen LogP contribution is -1.98. The lowest BCUT2D eigenvalue weighted by atomic mass is 10.3. The molecule has 0 fully saturated rings. The summed E-state index contributed by atoms with van der Waals surface area (Å²) in [6, 6.07) is 5.95. The van der Waals surface area contributed by atoms with E-state index in [1.54, 1.807) is 0 Å². The molecular formula is C8H8AlNS2. The largest absolute Gasteiger partial charge is 0.251 e. The Balaban J connectivity index is 2.93. The molecule has 60 valence electrons. The molecular weight excluding hydrogens is 201 g/mol. The molecule has 1 nitrogen and oxygen atoms in total. The van der Waals surface area contributed by atoms with Crippen molar-refractivity contribution < 1.29 is 0 Å². The van der Waals surface area contributed by atoms with Crippen molar-refractivity contribution in [1.29, 1.82) is 0 Å². The maximum Gasteiger partial charge on any atom is 0.243 e. The van der Waals surface area contributed by atoms with Crippen molar-refractivity contribution in [3.63, 3.8) is 0 Å². The van der Waals surface area contributed by atoms with Gasteiger partial charge in [0.15, 0.2) is 0 Å². The summed E-state index contributed by atoms with van der Waals surface area (Å²) in [5, 5.41) is 0. The molecule has 1 rings (SSSR count). The quantitative estimate of drug-likeness (QED) is 0.547. The van der Waals surface area contributed by atoms with Gasteiger partial charge in [-0.3, -0.25) is 4.98 Å². The maximum atomic E-state index is 5.11. The predicted octanol–water partition coefficient (Wildman–Crippen LogP) is 2.14. The molecule has 0 N–H and O–H groups in total. The fraction of sp³-hybridized carbons (Fsp3) is 0.250. The third-order valence-electron chi connectivity index (χ3n) is 1.49. The first-order valence-electron chi connectivity index (χ1n) is 3.65. The van der Waals surface area contributed by atoms with Crippen LogP contribution in [-0.2, 0) is 6.42 Å². The molecule has 0 spiro atoms. The zero-order valence-electron chi connectivity index (χ0n) is 6.78. The van der Waals surface area contributed by atoms with Gasteiger partial charge in [0, 0.05) is 5.69 Å². The summed E-state index contributed by atoms with van der Waals surface area (Å²) in [5.41, 5.74) is 2.00. The van der Waals surface area contributed by atoms with Gasteiger partial charge < -0.3 is 0 Å². The van der Waals surface area contributed by atoms with Gasteiger partial charge in [-0.1, -0.05) is 25.2 Å². The SMILES string of the molecule is CCc1cccc(C(=S)[S][Al])n1. The van der Waals surface area contributed by atoms with Crippen LogP contribution in [0.1, 0.15) is 18.3 Å². The Bertz CT molecular complexity index is 288. The molecule has 0 aliphatic rings. The van der Waals surface area contributed by atoms with Gasteiger partial charge in [0.1, 0.15) is 0 Å². The van der Waals surface area contributed by atoms with Gasteiger partial charge in [-0.05, 0) is 18.6 Å². The van der Waals surface area contributed by atoms with E-state index >= 15 is 0 Å². The van der Waals surface area contributed by atoms with E-state index in [4.69, 9.17) is 12.2 Å². The molecule has 0 aliphatic carbocycles. The second kappa shape index (κ2) is 4.98. The lowest BCUT2D eigenvalue weighted by Gasteiger charge is -2.01. The zero-order valence-corrected chi connectivity index (χ0v) is 9.57. The molecule has 1 aromatic heterocycles. The number of thiocarbonyl (C=S) groups is 1. The molecule has 0 aromatic carbocycles. The number of aryl methyl sites for hydroxylation is 1. The zero-order chi connectivity index (χ0) is 8.97. The first kappa shape index (κ1) is 10.2. The van der Waals surface area contributed by atoms with Gasteiger partial charge in [0.2, 0.25) is 15.2 Å². The van der Waals surface area contributed by atoms with Gasteiger partial charge in [-0.15, -0.1) is 0 Å². The maximum absolute atomic E-state index is 5.11. The minimum atomic E-state index is 0.829. The average molecular weight is 209 g/mol. The van der Waals surface area contributed by atoms with Gasteiger partial charge in [0.05, 0.1) is 9.89 Å². The van der Waals surface area contributed by atoms with Gasteiger partial charge in [-0.2, -0.15) is 0 Å². The first-order valence-corrected chi connectivity index (χ1v) is 6.35. The van der Waals surface area contributed by atoms with Crippen LogP contribution in [0.2, 0.25) is 0 Å². The summed E-state index contributed by atoms with van der Waals surface area (Å²) in [7, 11) is 1.48. The van der Waals surface area contributed by atoms with Crippen molar-refractivity contribution in [3.8, 4) is 0 Å². The monoisotopic (exact) mass is 209 g/mol. The van der Waals surface area contributed by atoms with Crippen molar-refractivity contribution in [2.24, 2.45) is 0 Å². The topological polar surface area (TPSA) is 12.9 Å². The van der Waals surface area contributed by atoms with E-state index in [1.165, 1.54) is 10.1 Å². The molecule has 12 heavy (non-hydrogen) atoms. The molecule has 0 amide bonds. The van der Waals surface area contributed by atoms with Crippen molar-refractivity contribution in [1.82, 2.24) is 4.98 Å². The van der Waals surface area contributed by atoms with E-state index in [0.717, 1.165) is 22.0 Å². The molecule has 1 aromatic rings. The van der Waals surface area contributed by atoms with E-state index in [9.17, 15) is 0 Å². The molecule has 4 heteroatoms. The highest BCUT2D eigenvalue weighted by Gasteiger charge is 1.99. The van der Waals surface area contributed by atoms with E-state index in [1.807, 2.05) is 18.2 Å². The number of hydrogen-bond acceptors (Lipinski definition) is 3. The average Bonchev–Trinajstić information content (AvgIpc) is 2.17. The van der Waals surface area contributed by atoms with Crippen molar-refractivity contribution in [2.75, 3.05) is 0 Å². The normalized spacial score (nSPS) is 9.75.